The predicted molar refractivity (Wildman–Crippen MR) is 139 cm³/mol. The van der Waals surface area contributed by atoms with Crippen LogP contribution in [-0.4, -0.2) is 37.8 Å². The maximum Gasteiger partial charge on any atom is 0.273 e. The highest BCUT2D eigenvalue weighted by molar-refractivity contribution is 7.09. The van der Waals surface area contributed by atoms with Crippen LogP contribution in [0.2, 0.25) is 0 Å². The molecule has 0 aliphatic heterocycles. The maximum absolute atomic E-state index is 13.4. The Hall–Kier alpha value is -4.17. The van der Waals surface area contributed by atoms with Gasteiger partial charge < -0.3 is 10.2 Å². The summed E-state index contributed by atoms with van der Waals surface area (Å²) in [4.78, 5) is 32.7. The van der Waals surface area contributed by atoms with Gasteiger partial charge in [-0.3, -0.25) is 9.78 Å². The van der Waals surface area contributed by atoms with E-state index in [2.05, 4.69) is 49.5 Å². The molecule has 3 aromatic heterocycles. The summed E-state index contributed by atoms with van der Waals surface area (Å²) in [6, 6.07) is 20.1. The maximum atomic E-state index is 13.4. The number of fused-ring (bicyclic) bond motifs is 1. The Morgan fingerprint density at radius 3 is 2.63 bits per heavy atom. The average molecular weight is 481 g/mol. The van der Waals surface area contributed by atoms with Crippen LogP contribution in [-0.2, 0) is 13.1 Å². The van der Waals surface area contributed by atoms with Gasteiger partial charge in [0.1, 0.15) is 17.8 Å². The monoisotopic (exact) mass is 480 g/mol. The third kappa shape index (κ3) is 5.02. The van der Waals surface area contributed by atoms with E-state index in [9.17, 15) is 4.79 Å². The van der Waals surface area contributed by atoms with Gasteiger partial charge >= 0.3 is 0 Å². The fraction of sp³-hybridized carbons (Fsp3) is 0.148. The van der Waals surface area contributed by atoms with Crippen molar-refractivity contribution in [1.82, 2.24) is 24.8 Å². The summed E-state index contributed by atoms with van der Waals surface area (Å²) in [7, 11) is 1.85. The third-order valence-electron chi connectivity index (χ3n) is 5.71. The number of benzene rings is 2. The Morgan fingerprint density at radius 1 is 0.971 bits per heavy atom. The molecule has 0 radical (unpaired) electrons. The highest BCUT2D eigenvalue weighted by Gasteiger charge is 2.20. The first-order chi connectivity index (χ1) is 17.1. The molecule has 0 aliphatic rings. The average Bonchev–Trinajstić information content (AvgIpc) is 3.34. The predicted octanol–water partition coefficient (Wildman–Crippen LogP) is 5.34. The van der Waals surface area contributed by atoms with Crippen LogP contribution < -0.4 is 5.32 Å². The number of carbonyl (C=O) groups is 1. The smallest absolute Gasteiger partial charge is 0.273 e. The zero-order valence-electron chi connectivity index (χ0n) is 19.5. The van der Waals surface area contributed by atoms with Crippen molar-refractivity contribution in [2.45, 2.75) is 20.0 Å². The number of nitrogens with one attached hydrogen (secondary N) is 1. The summed E-state index contributed by atoms with van der Waals surface area (Å²) in [5.41, 5.74) is 5.33. The van der Waals surface area contributed by atoms with E-state index < -0.39 is 0 Å². The molecule has 3 heterocycles. The number of amides is 1. The number of thiazole rings is 1. The number of carbonyl (C=O) groups excluding carboxylic acids is 1. The fourth-order valence-corrected chi connectivity index (χ4v) is 4.60. The molecule has 0 aliphatic carbocycles. The van der Waals surface area contributed by atoms with Crippen molar-refractivity contribution in [3.8, 4) is 11.1 Å². The normalized spacial score (nSPS) is 10.9. The number of pyridine rings is 1. The molecule has 0 bridgehead atoms. The number of aryl methyl sites for hydroxylation is 1. The zero-order chi connectivity index (χ0) is 24.2. The molecule has 0 spiro atoms. The van der Waals surface area contributed by atoms with E-state index in [0.717, 1.165) is 44.1 Å². The first-order valence-corrected chi connectivity index (χ1v) is 12.1. The third-order valence-corrected chi connectivity index (χ3v) is 6.48. The lowest BCUT2D eigenvalue weighted by atomic mass is 10.0. The van der Waals surface area contributed by atoms with Gasteiger partial charge in [-0.25, -0.2) is 15.0 Å². The summed E-state index contributed by atoms with van der Waals surface area (Å²) in [5, 5.41) is 6.78. The minimum atomic E-state index is -0.105. The van der Waals surface area contributed by atoms with Crippen LogP contribution in [0, 0.1) is 6.92 Å². The molecular formula is C27H24N6OS. The SMILES string of the molecule is CNc1ncnc2ccc(-c3cccc(CN(Cc4ccccn4)C(=O)c4csc(C)n4)c3)cc12. The molecule has 0 saturated heterocycles. The Labute approximate surface area is 207 Å². The lowest BCUT2D eigenvalue weighted by Gasteiger charge is -2.22. The molecule has 35 heavy (non-hydrogen) atoms. The Balaban J connectivity index is 1.46. The topological polar surface area (TPSA) is 83.9 Å². The van der Waals surface area contributed by atoms with Crippen molar-refractivity contribution >= 4 is 34.0 Å². The number of hydrogen-bond donors (Lipinski definition) is 1. The van der Waals surface area contributed by atoms with Crippen LogP contribution in [0.25, 0.3) is 22.0 Å². The summed E-state index contributed by atoms with van der Waals surface area (Å²) < 4.78 is 0. The second-order valence-electron chi connectivity index (χ2n) is 8.14. The molecule has 174 valence electrons. The van der Waals surface area contributed by atoms with Crippen LogP contribution in [0.3, 0.4) is 0 Å². The van der Waals surface area contributed by atoms with Gasteiger partial charge in [0.15, 0.2) is 0 Å². The van der Waals surface area contributed by atoms with Crippen LogP contribution in [0.5, 0.6) is 0 Å². The summed E-state index contributed by atoms with van der Waals surface area (Å²) in [6.45, 7) is 2.75. The number of anilines is 1. The van der Waals surface area contributed by atoms with Crippen LogP contribution in [0.1, 0.15) is 26.8 Å². The Bertz CT molecular complexity index is 1480. The number of hydrogen-bond acceptors (Lipinski definition) is 7. The summed E-state index contributed by atoms with van der Waals surface area (Å²) in [5.74, 6) is 0.686. The molecular weight excluding hydrogens is 456 g/mol. The molecule has 7 nitrogen and oxygen atoms in total. The molecule has 5 aromatic rings. The highest BCUT2D eigenvalue weighted by atomic mass is 32.1. The van der Waals surface area contributed by atoms with E-state index >= 15 is 0 Å². The molecule has 0 unspecified atom stereocenters. The molecule has 1 amide bonds. The van der Waals surface area contributed by atoms with Crippen molar-refractivity contribution < 1.29 is 4.79 Å². The molecule has 8 heteroatoms. The van der Waals surface area contributed by atoms with Crippen molar-refractivity contribution in [2.24, 2.45) is 0 Å². The zero-order valence-corrected chi connectivity index (χ0v) is 20.3. The molecule has 0 atom stereocenters. The van der Waals surface area contributed by atoms with E-state index in [1.165, 1.54) is 11.3 Å². The van der Waals surface area contributed by atoms with Crippen molar-refractivity contribution in [3.05, 3.63) is 101 Å². The standard InChI is InChI=1S/C27H24N6OS/c1-18-32-25(16-35-18)27(34)33(15-22-8-3-4-11-29-22)14-19-6-5-7-20(12-19)21-9-10-24-23(13-21)26(28-2)31-17-30-24/h3-13,16-17H,14-15H2,1-2H3,(H,28,30,31). The van der Waals surface area contributed by atoms with E-state index in [-0.39, 0.29) is 5.91 Å². The number of aromatic nitrogens is 4. The second-order valence-corrected chi connectivity index (χ2v) is 9.20. The van der Waals surface area contributed by atoms with Crippen molar-refractivity contribution in [3.63, 3.8) is 0 Å². The first kappa shape index (κ1) is 22.6. The summed E-state index contributed by atoms with van der Waals surface area (Å²) in [6.07, 6.45) is 3.31. The largest absolute Gasteiger partial charge is 0.373 e. The second kappa shape index (κ2) is 9.99. The molecule has 2 aromatic carbocycles. The minimum absolute atomic E-state index is 0.105. The highest BCUT2D eigenvalue weighted by Crippen LogP contribution is 2.28. The number of rotatable bonds is 7. The van der Waals surface area contributed by atoms with E-state index in [1.54, 1.807) is 17.4 Å². The van der Waals surface area contributed by atoms with Gasteiger partial charge in [-0.05, 0) is 53.9 Å². The minimum Gasteiger partial charge on any atom is -0.373 e. The van der Waals surface area contributed by atoms with Crippen LogP contribution >= 0.6 is 11.3 Å². The van der Waals surface area contributed by atoms with Gasteiger partial charge in [0.2, 0.25) is 0 Å². The van der Waals surface area contributed by atoms with Crippen molar-refractivity contribution in [2.75, 3.05) is 12.4 Å². The van der Waals surface area contributed by atoms with E-state index in [4.69, 9.17) is 0 Å². The van der Waals surface area contributed by atoms with Gasteiger partial charge in [-0.2, -0.15) is 0 Å². The lowest BCUT2D eigenvalue weighted by molar-refractivity contribution is 0.0722. The molecule has 5 rings (SSSR count). The van der Waals surface area contributed by atoms with Crippen LogP contribution in [0.15, 0.2) is 78.6 Å². The van der Waals surface area contributed by atoms with Gasteiger partial charge in [0.25, 0.3) is 5.91 Å². The fourth-order valence-electron chi connectivity index (χ4n) is 4.02. The van der Waals surface area contributed by atoms with Crippen LogP contribution in [0.4, 0.5) is 5.82 Å². The Kier molecular flexibility index (Phi) is 6.45. The molecule has 0 fully saturated rings. The lowest BCUT2D eigenvalue weighted by Crippen LogP contribution is -2.30. The van der Waals surface area contributed by atoms with E-state index in [0.29, 0.717) is 18.8 Å². The Morgan fingerprint density at radius 2 is 1.86 bits per heavy atom. The van der Waals surface area contributed by atoms with Gasteiger partial charge in [0, 0.05) is 30.6 Å². The summed E-state index contributed by atoms with van der Waals surface area (Å²) >= 11 is 1.48. The van der Waals surface area contributed by atoms with Gasteiger partial charge in [-0.1, -0.05) is 30.3 Å². The van der Waals surface area contributed by atoms with Gasteiger partial charge in [0.05, 0.1) is 22.8 Å². The quantitative estimate of drug-likeness (QED) is 0.338. The molecule has 1 N–H and O–H groups in total. The van der Waals surface area contributed by atoms with Crippen molar-refractivity contribution in [1.29, 1.82) is 0 Å². The first-order valence-electron chi connectivity index (χ1n) is 11.2. The van der Waals surface area contributed by atoms with Gasteiger partial charge in [-0.15, -0.1) is 11.3 Å². The molecule has 0 saturated carbocycles. The van der Waals surface area contributed by atoms with E-state index in [1.807, 2.05) is 55.7 Å². The number of nitrogens with zero attached hydrogens (tertiary/aromatic N) is 5.